The lowest BCUT2D eigenvalue weighted by atomic mass is 10.1. The Balaban J connectivity index is 3.15. The minimum atomic E-state index is -0.953. The van der Waals surface area contributed by atoms with E-state index in [9.17, 15) is 13.6 Å². The summed E-state index contributed by atoms with van der Waals surface area (Å²) in [7, 11) is 1.13. The third-order valence-corrected chi connectivity index (χ3v) is 1.75. The maximum atomic E-state index is 13.1. The maximum absolute atomic E-state index is 13.1. The van der Waals surface area contributed by atoms with E-state index in [0.29, 0.717) is 0 Å². The number of rotatable bonds is 3. The van der Waals surface area contributed by atoms with Gasteiger partial charge in [-0.25, -0.2) is 15.4 Å². The van der Waals surface area contributed by atoms with E-state index < -0.39 is 29.7 Å². The monoisotopic (exact) mass is 211 g/mol. The zero-order valence-electron chi connectivity index (χ0n) is 7.88. The van der Waals surface area contributed by atoms with Gasteiger partial charge >= 0.3 is 0 Å². The molecule has 0 aliphatic carbocycles. The summed E-state index contributed by atoms with van der Waals surface area (Å²) in [4.78, 5) is 14.0. The number of nitrogens with zero attached hydrogens (tertiary/aromatic N) is 1. The molecule has 0 radical (unpaired) electrons. The molecule has 0 aromatic heterocycles. The molecular weight excluding hydrogens is 204 g/mol. The van der Waals surface area contributed by atoms with Crippen LogP contribution in [0.5, 0.6) is 5.75 Å². The Morgan fingerprint density at radius 2 is 2.00 bits per heavy atom. The van der Waals surface area contributed by atoms with E-state index >= 15 is 0 Å². The third kappa shape index (κ3) is 2.29. The summed E-state index contributed by atoms with van der Waals surface area (Å²) in [5.41, 5.74) is -0.165. The van der Waals surface area contributed by atoms with Crippen molar-refractivity contribution in [2.24, 2.45) is 0 Å². The number of halogens is 2. The minimum absolute atomic E-state index is 0.165. The Hall–Kier alpha value is -1.96. The molecule has 0 spiro atoms. The molecular formula is C10H7F2NO2. The molecule has 0 aliphatic rings. The molecule has 1 aromatic carbocycles. The number of carbonyl (C=O) groups excluding carboxylic acids is 1. The van der Waals surface area contributed by atoms with Crippen molar-refractivity contribution in [1.82, 2.24) is 0 Å². The van der Waals surface area contributed by atoms with Gasteiger partial charge in [0.15, 0.2) is 17.4 Å². The first-order valence-corrected chi connectivity index (χ1v) is 3.99. The second-order valence-electron chi connectivity index (χ2n) is 2.71. The van der Waals surface area contributed by atoms with Crippen LogP contribution < -0.4 is 4.74 Å². The Bertz CT molecular complexity index is 415. The van der Waals surface area contributed by atoms with Gasteiger partial charge in [0.25, 0.3) is 6.54 Å². The topological polar surface area (TPSA) is 30.7 Å². The summed E-state index contributed by atoms with van der Waals surface area (Å²) in [6.07, 6.45) is 0. The number of ketones is 1. The SMILES string of the molecule is [C-]#[N+]CC(=O)c1cc(F)c(OC)c(F)c1. The highest BCUT2D eigenvalue weighted by atomic mass is 19.1. The van der Waals surface area contributed by atoms with Crippen molar-refractivity contribution in [3.05, 3.63) is 40.7 Å². The fourth-order valence-corrected chi connectivity index (χ4v) is 1.08. The van der Waals surface area contributed by atoms with Crippen LogP contribution in [0.15, 0.2) is 12.1 Å². The van der Waals surface area contributed by atoms with Gasteiger partial charge in [0, 0.05) is 5.56 Å². The predicted molar refractivity (Wildman–Crippen MR) is 48.7 cm³/mol. The van der Waals surface area contributed by atoms with Crippen LogP contribution in [0.25, 0.3) is 4.85 Å². The van der Waals surface area contributed by atoms with E-state index in [1.165, 1.54) is 0 Å². The van der Waals surface area contributed by atoms with E-state index in [2.05, 4.69) is 9.58 Å². The predicted octanol–water partition coefficient (Wildman–Crippen LogP) is 2.08. The van der Waals surface area contributed by atoms with Gasteiger partial charge in [-0.05, 0) is 12.1 Å². The smallest absolute Gasteiger partial charge is 0.276 e. The first-order chi connectivity index (χ1) is 7.10. The summed E-state index contributed by atoms with van der Waals surface area (Å²) in [6.45, 7) is 6.03. The highest BCUT2D eigenvalue weighted by Gasteiger charge is 2.16. The van der Waals surface area contributed by atoms with Gasteiger partial charge in [-0.3, -0.25) is 4.79 Å². The highest BCUT2D eigenvalue weighted by molar-refractivity contribution is 5.98. The van der Waals surface area contributed by atoms with Crippen LogP contribution in [0, 0.1) is 18.2 Å². The molecule has 0 aliphatic heterocycles. The lowest BCUT2D eigenvalue weighted by molar-refractivity contribution is 0.101. The summed E-state index contributed by atoms with van der Waals surface area (Å²) < 4.78 is 30.7. The Morgan fingerprint density at radius 1 is 1.47 bits per heavy atom. The molecule has 5 heteroatoms. The zero-order chi connectivity index (χ0) is 11.4. The van der Waals surface area contributed by atoms with Crippen LogP contribution in [-0.4, -0.2) is 19.4 Å². The lowest BCUT2D eigenvalue weighted by Crippen LogP contribution is -2.04. The largest absolute Gasteiger partial charge is 0.491 e. The normalized spacial score (nSPS) is 9.47. The summed E-state index contributed by atoms with van der Waals surface area (Å²) in [6, 6.07) is 1.71. The Kier molecular flexibility index (Phi) is 3.34. The average molecular weight is 211 g/mol. The first-order valence-electron chi connectivity index (χ1n) is 3.99. The number of Topliss-reactive ketones (excluding diaryl/α,β-unsaturated/α-hetero) is 1. The molecule has 0 unspecified atom stereocenters. The average Bonchev–Trinajstić information content (AvgIpc) is 2.17. The standard InChI is InChI=1S/C10H7F2NO2/c1-13-5-9(14)6-3-7(11)10(15-2)8(12)4-6/h3-4H,5H2,2H3. The number of hydrogen-bond donors (Lipinski definition) is 0. The highest BCUT2D eigenvalue weighted by Crippen LogP contribution is 2.22. The first kappa shape index (κ1) is 11.1. The minimum Gasteiger partial charge on any atom is -0.491 e. The molecule has 0 atom stereocenters. The number of hydrogen-bond acceptors (Lipinski definition) is 2. The van der Waals surface area contributed by atoms with Crippen molar-refractivity contribution < 1.29 is 18.3 Å². The van der Waals surface area contributed by atoms with Crippen molar-refractivity contribution in [1.29, 1.82) is 0 Å². The van der Waals surface area contributed by atoms with E-state index in [1.54, 1.807) is 0 Å². The molecule has 1 rings (SSSR count). The van der Waals surface area contributed by atoms with E-state index in [4.69, 9.17) is 6.57 Å². The Morgan fingerprint density at radius 3 is 2.40 bits per heavy atom. The quantitative estimate of drug-likeness (QED) is 0.566. The third-order valence-electron chi connectivity index (χ3n) is 1.75. The number of benzene rings is 1. The fourth-order valence-electron chi connectivity index (χ4n) is 1.08. The molecule has 0 fully saturated rings. The zero-order valence-corrected chi connectivity index (χ0v) is 7.88. The van der Waals surface area contributed by atoms with E-state index in [-0.39, 0.29) is 5.56 Å². The van der Waals surface area contributed by atoms with Crippen molar-refractivity contribution in [2.45, 2.75) is 0 Å². The number of carbonyl (C=O) groups is 1. The van der Waals surface area contributed by atoms with E-state index in [0.717, 1.165) is 19.2 Å². The second kappa shape index (κ2) is 4.51. The summed E-state index contributed by atoms with van der Waals surface area (Å²) >= 11 is 0. The molecule has 0 saturated carbocycles. The number of ether oxygens (including phenoxy) is 1. The molecule has 0 bridgehead atoms. The van der Waals surface area contributed by atoms with Crippen LogP contribution in [0.1, 0.15) is 10.4 Å². The van der Waals surface area contributed by atoms with Crippen LogP contribution in [0.3, 0.4) is 0 Å². The van der Waals surface area contributed by atoms with Crippen LogP contribution in [0.2, 0.25) is 0 Å². The summed E-state index contributed by atoms with van der Waals surface area (Å²) in [5, 5.41) is 0. The van der Waals surface area contributed by atoms with Crippen LogP contribution in [-0.2, 0) is 0 Å². The van der Waals surface area contributed by atoms with E-state index in [1.807, 2.05) is 0 Å². The fraction of sp³-hybridized carbons (Fsp3) is 0.200. The molecule has 0 N–H and O–H groups in total. The van der Waals surface area contributed by atoms with Crippen LogP contribution >= 0.6 is 0 Å². The van der Waals surface area contributed by atoms with Gasteiger partial charge in [0.2, 0.25) is 5.78 Å². The maximum Gasteiger partial charge on any atom is 0.276 e. The molecule has 15 heavy (non-hydrogen) atoms. The Labute approximate surface area is 85.1 Å². The lowest BCUT2D eigenvalue weighted by Gasteiger charge is -2.04. The molecule has 0 heterocycles. The van der Waals surface area contributed by atoms with Crippen molar-refractivity contribution in [3.8, 4) is 5.75 Å². The van der Waals surface area contributed by atoms with Gasteiger partial charge in [0.1, 0.15) is 0 Å². The molecule has 78 valence electrons. The van der Waals surface area contributed by atoms with Gasteiger partial charge in [-0.15, -0.1) is 0 Å². The summed E-state index contributed by atoms with van der Waals surface area (Å²) in [5.74, 6) is -3.06. The van der Waals surface area contributed by atoms with Crippen molar-refractivity contribution >= 4 is 5.78 Å². The van der Waals surface area contributed by atoms with Gasteiger partial charge in [-0.1, -0.05) is 0 Å². The molecule has 1 aromatic rings. The van der Waals surface area contributed by atoms with Gasteiger partial charge < -0.3 is 9.58 Å². The molecule has 0 saturated heterocycles. The molecule has 3 nitrogen and oxygen atoms in total. The van der Waals surface area contributed by atoms with Crippen LogP contribution in [0.4, 0.5) is 8.78 Å². The van der Waals surface area contributed by atoms with Gasteiger partial charge in [-0.2, -0.15) is 0 Å². The number of methoxy groups -OCH3 is 1. The van der Waals surface area contributed by atoms with Crippen molar-refractivity contribution in [2.75, 3.05) is 13.7 Å². The molecule has 0 amide bonds. The van der Waals surface area contributed by atoms with Gasteiger partial charge in [0.05, 0.1) is 7.11 Å². The van der Waals surface area contributed by atoms with Crippen molar-refractivity contribution in [3.63, 3.8) is 0 Å². The second-order valence-corrected chi connectivity index (χ2v) is 2.71.